The highest BCUT2D eigenvalue weighted by atomic mass is 35.5. The highest BCUT2D eigenvalue weighted by Crippen LogP contribution is 2.14. The molecule has 2 aromatic carbocycles. The molecule has 7 heteroatoms. The Morgan fingerprint density at radius 3 is 2.31 bits per heavy atom. The summed E-state index contributed by atoms with van der Waals surface area (Å²) in [6.45, 7) is 2.16. The van der Waals surface area contributed by atoms with Gasteiger partial charge in [0.1, 0.15) is 0 Å². The van der Waals surface area contributed by atoms with Gasteiger partial charge in [0.15, 0.2) is 0 Å². The van der Waals surface area contributed by atoms with Crippen molar-refractivity contribution in [1.29, 1.82) is 0 Å². The van der Waals surface area contributed by atoms with Crippen molar-refractivity contribution < 1.29 is 13.2 Å². The first kappa shape index (κ1) is 20.4. The Morgan fingerprint density at radius 2 is 1.69 bits per heavy atom. The lowest BCUT2D eigenvalue weighted by molar-refractivity contribution is -0.121. The summed E-state index contributed by atoms with van der Waals surface area (Å²) in [4.78, 5) is 12.2. The van der Waals surface area contributed by atoms with Gasteiger partial charge in [0, 0.05) is 18.6 Å². The summed E-state index contributed by atoms with van der Waals surface area (Å²) < 4.78 is 26.0. The van der Waals surface area contributed by atoms with E-state index >= 15 is 0 Å². The number of nitrogens with one attached hydrogen (secondary N) is 1. The van der Waals surface area contributed by atoms with Crippen molar-refractivity contribution in [2.45, 2.75) is 24.7 Å². The second-order valence-electron chi connectivity index (χ2n) is 6.15. The number of sulfonamides is 1. The molecule has 140 valence electrons. The van der Waals surface area contributed by atoms with E-state index in [-0.39, 0.29) is 17.3 Å². The Labute approximate surface area is 160 Å². The van der Waals surface area contributed by atoms with E-state index in [2.05, 4.69) is 5.32 Å². The third kappa shape index (κ3) is 5.83. The second-order valence-corrected chi connectivity index (χ2v) is 8.64. The molecular weight excluding hydrogens is 372 g/mol. The van der Waals surface area contributed by atoms with Crippen LogP contribution in [0.5, 0.6) is 0 Å². The summed E-state index contributed by atoms with van der Waals surface area (Å²) >= 11 is 5.84. The van der Waals surface area contributed by atoms with Crippen LogP contribution in [0.2, 0.25) is 5.02 Å². The molecule has 0 aliphatic carbocycles. The van der Waals surface area contributed by atoms with Gasteiger partial charge in [-0.05, 0) is 49.6 Å². The van der Waals surface area contributed by atoms with E-state index in [1.165, 1.54) is 7.05 Å². The van der Waals surface area contributed by atoms with E-state index in [1.54, 1.807) is 24.3 Å². The topological polar surface area (TPSA) is 66.5 Å². The van der Waals surface area contributed by atoms with E-state index in [1.807, 2.05) is 31.2 Å². The van der Waals surface area contributed by atoms with Crippen molar-refractivity contribution >= 4 is 27.5 Å². The molecule has 0 fully saturated rings. The highest BCUT2D eigenvalue weighted by Gasteiger charge is 2.22. The minimum absolute atomic E-state index is 0.182. The molecule has 2 rings (SSSR count). The quantitative estimate of drug-likeness (QED) is 0.700. The monoisotopic (exact) mass is 394 g/mol. The summed E-state index contributed by atoms with van der Waals surface area (Å²) in [5.41, 5.74) is 2.12. The molecule has 1 amide bonds. The maximum absolute atomic E-state index is 12.5. The average Bonchev–Trinajstić information content (AvgIpc) is 2.60. The molecule has 5 nitrogen and oxygen atoms in total. The lowest BCUT2D eigenvalue weighted by Crippen LogP contribution is -2.38. The van der Waals surface area contributed by atoms with Gasteiger partial charge in [0.25, 0.3) is 0 Å². The predicted molar refractivity (Wildman–Crippen MR) is 104 cm³/mol. The fourth-order valence-corrected chi connectivity index (χ4v) is 3.66. The number of halogens is 1. The maximum atomic E-state index is 12.5. The Balaban J connectivity index is 1.79. The second kappa shape index (κ2) is 9.16. The van der Waals surface area contributed by atoms with Gasteiger partial charge in [0.2, 0.25) is 15.9 Å². The first-order valence-corrected chi connectivity index (χ1v) is 10.1. The number of carbonyl (C=O) groups excluding carboxylic acids is 1. The van der Waals surface area contributed by atoms with Gasteiger partial charge < -0.3 is 5.32 Å². The van der Waals surface area contributed by atoms with Gasteiger partial charge in [-0.15, -0.1) is 0 Å². The van der Waals surface area contributed by atoms with Crippen LogP contribution in [0.4, 0.5) is 0 Å². The molecule has 0 radical (unpaired) electrons. The average molecular weight is 395 g/mol. The molecule has 2 aromatic rings. The molecule has 0 atom stereocenters. The molecule has 0 bridgehead atoms. The SMILES string of the molecule is Cc1ccc(S(=O)(=O)N(C)CC(=O)NCCCc2ccc(Cl)cc2)cc1. The number of hydrogen-bond donors (Lipinski definition) is 1. The van der Waals surface area contributed by atoms with E-state index in [0.717, 1.165) is 28.3 Å². The van der Waals surface area contributed by atoms with Gasteiger partial charge >= 0.3 is 0 Å². The van der Waals surface area contributed by atoms with Crippen LogP contribution < -0.4 is 5.32 Å². The van der Waals surface area contributed by atoms with E-state index < -0.39 is 10.0 Å². The Kier molecular flexibility index (Phi) is 7.20. The van der Waals surface area contributed by atoms with E-state index in [9.17, 15) is 13.2 Å². The molecule has 0 saturated heterocycles. The third-order valence-corrected chi connectivity index (χ3v) is 6.04. The fraction of sp³-hybridized carbons (Fsp3) is 0.316. The maximum Gasteiger partial charge on any atom is 0.243 e. The Morgan fingerprint density at radius 1 is 1.08 bits per heavy atom. The van der Waals surface area contributed by atoms with E-state index in [4.69, 9.17) is 11.6 Å². The van der Waals surface area contributed by atoms with Crippen LogP contribution >= 0.6 is 11.6 Å². The summed E-state index contributed by atoms with van der Waals surface area (Å²) in [6, 6.07) is 14.1. The van der Waals surface area contributed by atoms with Crippen molar-refractivity contribution in [1.82, 2.24) is 9.62 Å². The summed E-state index contributed by atoms with van der Waals surface area (Å²) in [5.74, 6) is -0.320. The first-order valence-electron chi connectivity index (χ1n) is 8.33. The van der Waals surface area contributed by atoms with Gasteiger partial charge in [-0.2, -0.15) is 4.31 Å². The number of hydrogen-bond acceptors (Lipinski definition) is 3. The van der Waals surface area contributed by atoms with Crippen molar-refractivity contribution in [3.05, 3.63) is 64.7 Å². The number of carbonyl (C=O) groups is 1. The zero-order chi connectivity index (χ0) is 19.2. The zero-order valence-corrected chi connectivity index (χ0v) is 16.5. The van der Waals surface area contributed by atoms with Gasteiger partial charge in [-0.25, -0.2) is 8.42 Å². The number of likely N-dealkylation sites (N-methyl/N-ethyl adjacent to an activating group) is 1. The largest absolute Gasteiger partial charge is 0.355 e. The molecule has 0 aliphatic rings. The predicted octanol–water partition coefficient (Wildman–Crippen LogP) is 3.02. The molecule has 0 unspecified atom stereocenters. The number of rotatable bonds is 8. The van der Waals surface area contributed by atoms with Gasteiger partial charge in [-0.1, -0.05) is 41.4 Å². The summed E-state index contributed by atoms with van der Waals surface area (Å²) in [7, 11) is -2.26. The fourth-order valence-electron chi connectivity index (χ4n) is 2.40. The van der Waals surface area contributed by atoms with Crippen LogP contribution in [0.1, 0.15) is 17.5 Å². The molecular formula is C19H23ClN2O3S. The van der Waals surface area contributed by atoms with Gasteiger partial charge in [-0.3, -0.25) is 4.79 Å². The molecule has 26 heavy (non-hydrogen) atoms. The molecule has 0 saturated carbocycles. The van der Waals surface area contributed by atoms with Crippen molar-refractivity contribution in [3.8, 4) is 0 Å². The molecule has 0 spiro atoms. The minimum atomic E-state index is -3.67. The van der Waals surface area contributed by atoms with Crippen LogP contribution in [0.3, 0.4) is 0 Å². The number of benzene rings is 2. The minimum Gasteiger partial charge on any atom is -0.355 e. The van der Waals surface area contributed by atoms with Crippen LogP contribution in [0.25, 0.3) is 0 Å². The Bertz CT molecular complexity index is 834. The smallest absolute Gasteiger partial charge is 0.243 e. The summed E-state index contributed by atoms with van der Waals surface area (Å²) in [6.07, 6.45) is 1.58. The van der Waals surface area contributed by atoms with Gasteiger partial charge in [0.05, 0.1) is 11.4 Å². The molecule has 0 aliphatic heterocycles. The Hall–Kier alpha value is -1.89. The van der Waals surface area contributed by atoms with E-state index in [0.29, 0.717) is 11.6 Å². The zero-order valence-electron chi connectivity index (χ0n) is 14.9. The normalized spacial score (nSPS) is 11.5. The number of aryl methyl sites for hydroxylation is 2. The molecule has 0 heterocycles. The van der Waals surface area contributed by atoms with Crippen LogP contribution in [-0.4, -0.2) is 38.8 Å². The number of nitrogens with zero attached hydrogens (tertiary/aromatic N) is 1. The lowest BCUT2D eigenvalue weighted by Gasteiger charge is -2.17. The van der Waals surface area contributed by atoms with Crippen molar-refractivity contribution in [2.24, 2.45) is 0 Å². The third-order valence-electron chi connectivity index (χ3n) is 3.97. The molecule has 0 aromatic heterocycles. The summed E-state index contributed by atoms with van der Waals surface area (Å²) in [5, 5.41) is 3.45. The number of amides is 1. The van der Waals surface area contributed by atoms with Crippen molar-refractivity contribution in [2.75, 3.05) is 20.1 Å². The van der Waals surface area contributed by atoms with Crippen molar-refractivity contribution in [3.63, 3.8) is 0 Å². The van der Waals surface area contributed by atoms with Crippen LogP contribution in [0.15, 0.2) is 53.4 Å². The van der Waals surface area contributed by atoms with Crippen LogP contribution in [-0.2, 0) is 21.2 Å². The molecule has 1 N–H and O–H groups in total. The van der Waals surface area contributed by atoms with Crippen LogP contribution in [0, 0.1) is 6.92 Å². The first-order chi connectivity index (χ1) is 12.3. The highest BCUT2D eigenvalue weighted by molar-refractivity contribution is 7.89. The standard InChI is InChI=1S/C19H23ClN2O3S/c1-15-5-11-18(12-6-15)26(24,25)22(2)14-19(23)21-13-3-4-16-7-9-17(20)10-8-16/h5-12H,3-4,13-14H2,1-2H3,(H,21,23). The lowest BCUT2D eigenvalue weighted by atomic mass is 10.1.